The number of rotatable bonds is 6. The number of nitrogens with zero attached hydrogens (tertiary/aromatic N) is 2. The molecule has 24 heavy (non-hydrogen) atoms. The second kappa shape index (κ2) is 8.03. The zero-order chi connectivity index (χ0) is 17.7. The Hall–Kier alpha value is -2.25. The average Bonchev–Trinajstić information content (AvgIpc) is 2.51. The molecule has 6 nitrogen and oxygen atoms in total. The minimum absolute atomic E-state index is 0.115. The third kappa shape index (κ3) is 4.18. The predicted molar refractivity (Wildman–Crippen MR) is 98.4 cm³/mol. The van der Waals surface area contributed by atoms with Crippen molar-refractivity contribution in [1.29, 1.82) is 0 Å². The van der Waals surface area contributed by atoms with Crippen molar-refractivity contribution >= 4 is 18.4 Å². The Kier molecular flexibility index (Phi) is 6.05. The highest BCUT2D eigenvalue weighted by Crippen LogP contribution is 2.21. The quantitative estimate of drug-likeness (QED) is 0.412. The molecule has 0 amide bonds. The number of H-pyrrole nitrogens is 1. The van der Waals surface area contributed by atoms with E-state index in [1.807, 2.05) is 31.2 Å². The van der Waals surface area contributed by atoms with Crippen molar-refractivity contribution in [3.05, 3.63) is 50.5 Å². The van der Waals surface area contributed by atoms with Gasteiger partial charge in [0.15, 0.2) is 4.77 Å². The van der Waals surface area contributed by atoms with E-state index in [9.17, 15) is 9.90 Å². The van der Waals surface area contributed by atoms with E-state index < -0.39 is 5.56 Å². The van der Waals surface area contributed by atoms with Gasteiger partial charge in [0.2, 0.25) is 5.88 Å². The van der Waals surface area contributed by atoms with Gasteiger partial charge in [-0.15, -0.1) is 0 Å². The topological polar surface area (TPSA) is 74.8 Å². The Bertz CT molecular complexity index is 852. The molecule has 0 bridgehead atoms. The molecule has 0 aliphatic heterocycles. The van der Waals surface area contributed by atoms with Gasteiger partial charge in [-0.05, 0) is 30.8 Å². The number of aromatic hydroxyl groups is 1. The summed E-state index contributed by atoms with van der Waals surface area (Å²) in [6.45, 7) is 3.51. The number of aryl methyl sites for hydroxylation is 1. The first kappa shape index (κ1) is 18.1. The number of hydrogen-bond donors (Lipinski definition) is 3. The zero-order valence-corrected chi connectivity index (χ0v) is 15.0. The second-order valence-corrected chi connectivity index (χ2v) is 6.35. The van der Waals surface area contributed by atoms with Crippen LogP contribution in [-0.4, -0.2) is 48.1 Å². The molecular weight excluding hydrogens is 324 g/mol. The van der Waals surface area contributed by atoms with E-state index in [1.165, 1.54) is 15.7 Å². The third-order valence-corrected chi connectivity index (χ3v) is 3.95. The van der Waals surface area contributed by atoms with Gasteiger partial charge in [0.1, 0.15) is 5.56 Å². The summed E-state index contributed by atoms with van der Waals surface area (Å²) in [5, 5.41) is 10.6. The molecule has 0 aliphatic rings. The van der Waals surface area contributed by atoms with E-state index in [4.69, 9.17) is 12.2 Å². The first-order chi connectivity index (χ1) is 11.4. The van der Waals surface area contributed by atoms with Gasteiger partial charge >= 0.3 is 0 Å². The summed E-state index contributed by atoms with van der Waals surface area (Å²) in [5.74, 6) is -0.194. The summed E-state index contributed by atoms with van der Waals surface area (Å²) in [5.41, 5.74) is 1.34. The molecule has 2 aromatic rings. The number of aromatic amines is 1. The number of nitrogens with one attached hydrogen (secondary N) is 2. The average molecular weight is 347 g/mol. The maximum atomic E-state index is 12.1. The zero-order valence-electron chi connectivity index (χ0n) is 14.2. The lowest BCUT2D eigenvalue weighted by Crippen LogP contribution is -3.05. The Morgan fingerprint density at radius 3 is 2.75 bits per heavy atom. The fourth-order valence-electron chi connectivity index (χ4n) is 2.37. The molecule has 0 radical (unpaired) electrons. The van der Waals surface area contributed by atoms with Crippen LogP contribution in [0.4, 0.5) is 0 Å². The van der Waals surface area contributed by atoms with Crippen molar-refractivity contribution < 1.29 is 10.0 Å². The third-order valence-electron chi connectivity index (χ3n) is 3.66. The van der Waals surface area contributed by atoms with E-state index >= 15 is 0 Å². The molecule has 0 atom stereocenters. The molecule has 0 aliphatic carbocycles. The highest BCUT2D eigenvalue weighted by Gasteiger charge is 2.13. The molecule has 0 spiro atoms. The van der Waals surface area contributed by atoms with Gasteiger partial charge in [0, 0.05) is 19.2 Å². The summed E-state index contributed by atoms with van der Waals surface area (Å²) in [6, 6.07) is 7.51. The van der Waals surface area contributed by atoms with E-state index in [0.717, 1.165) is 24.2 Å². The molecule has 1 aromatic carbocycles. The van der Waals surface area contributed by atoms with Gasteiger partial charge in [0.25, 0.3) is 5.56 Å². The van der Waals surface area contributed by atoms with E-state index in [1.54, 1.807) is 0 Å². The number of benzene rings is 1. The minimum Gasteiger partial charge on any atom is -0.494 e. The minimum atomic E-state index is -0.440. The van der Waals surface area contributed by atoms with E-state index in [0.29, 0.717) is 6.54 Å². The lowest BCUT2D eigenvalue weighted by Gasteiger charge is -2.13. The fourth-order valence-corrected chi connectivity index (χ4v) is 2.65. The molecule has 3 N–H and O–H groups in total. The van der Waals surface area contributed by atoms with Crippen LogP contribution in [0.3, 0.4) is 0 Å². The summed E-state index contributed by atoms with van der Waals surface area (Å²) in [4.78, 5) is 20.3. The first-order valence-corrected chi connectivity index (χ1v) is 8.25. The molecule has 0 saturated carbocycles. The Labute approximate surface area is 146 Å². The Morgan fingerprint density at radius 2 is 2.08 bits per heavy atom. The molecule has 128 valence electrons. The van der Waals surface area contributed by atoms with Crippen molar-refractivity contribution in [2.75, 3.05) is 27.2 Å². The molecular formula is C17H23N4O2S+. The molecule has 0 saturated heterocycles. The maximum Gasteiger partial charge on any atom is 0.264 e. The predicted octanol–water partition coefficient (Wildman–Crippen LogP) is 0.863. The lowest BCUT2D eigenvalue weighted by molar-refractivity contribution is -0.858. The summed E-state index contributed by atoms with van der Waals surface area (Å²) >= 11 is 5.21. The molecule has 1 heterocycles. The molecule has 0 unspecified atom stereocenters. The van der Waals surface area contributed by atoms with Crippen LogP contribution in [0.25, 0.3) is 5.69 Å². The van der Waals surface area contributed by atoms with Crippen molar-refractivity contribution in [3.8, 4) is 11.6 Å². The number of aromatic nitrogens is 2. The smallest absolute Gasteiger partial charge is 0.264 e. The van der Waals surface area contributed by atoms with Crippen LogP contribution >= 0.6 is 12.2 Å². The number of hydrogen-bond acceptors (Lipinski definition) is 4. The number of quaternary nitrogens is 1. The van der Waals surface area contributed by atoms with Gasteiger partial charge in [-0.3, -0.25) is 19.3 Å². The largest absolute Gasteiger partial charge is 0.494 e. The van der Waals surface area contributed by atoms with Crippen LogP contribution < -0.4 is 10.5 Å². The monoisotopic (exact) mass is 347 g/mol. The molecule has 2 rings (SSSR count). The summed E-state index contributed by atoms with van der Waals surface area (Å²) < 4.78 is 1.61. The van der Waals surface area contributed by atoms with Crippen molar-refractivity contribution in [2.24, 2.45) is 4.99 Å². The standard InChI is InChI=1S/C17H22N4O2S/c1-12-7-4-5-8-14(12)21-16(23)13(15(22)19-17(21)24)11-18-9-6-10-20(2)3/h4-5,7-8,11,23H,6,9-10H2,1-3H3,(H,19,22,24)/p+1. The lowest BCUT2D eigenvalue weighted by atomic mass is 10.2. The summed E-state index contributed by atoms with van der Waals surface area (Å²) in [7, 11) is 4.15. The maximum absolute atomic E-state index is 12.1. The second-order valence-electron chi connectivity index (χ2n) is 5.96. The van der Waals surface area contributed by atoms with Crippen LogP contribution in [0.5, 0.6) is 5.88 Å². The van der Waals surface area contributed by atoms with Crippen LogP contribution in [0.1, 0.15) is 17.5 Å². The van der Waals surface area contributed by atoms with Crippen molar-refractivity contribution in [2.45, 2.75) is 13.3 Å². The van der Waals surface area contributed by atoms with Gasteiger partial charge in [0.05, 0.1) is 26.3 Å². The Balaban J connectivity index is 2.39. The van der Waals surface area contributed by atoms with E-state index in [2.05, 4.69) is 24.1 Å². The van der Waals surface area contributed by atoms with Gasteiger partial charge < -0.3 is 10.0 Å². The molecule has 0 fully saturated rings. The van der Waals surface area contributed by atoms with Crippen molar-refractivity contribution in [3.63, 3.8) is 0 Å². The highest BCUT2D eigenvalue weighted by atomic mass is 32.1. The molecule has 7 heteroatoms. The van der Waals surface area contributed by atoms with Gasteiger partial charge in [-0.2, -0.15) is 0 Å². The first-order valence-electron chi connectivity index (χ1n) is 7.85. The number of para-hydroxylation sites is 1. The van der Waals surface area contributed by atoms with Crippen LogP contribution in [-0.2, 0) is 0 Å². The summed E-state index contributed by atoms with van der Waals surface area (Å²) in [6.07, 6.45) is 2.33. The van der Waals surface area contributed by atoms with Crippen molar-refractivity contribution in [1.82, 2.24) is 9.55 Å². The Morgan fingerprint density at radius 1 is 1.38 bits per heavy atom. The van der Waals surface area contributed by atoms with E-state index in [-0.39, 0.29) is 16.2 Å². The fraction of sp³-hybridized carbons (Fsp3) is 0.353. The molecule has 1 aromatic heterocycles. The highest BCUT2D eigenvalue weighted by molar-refractivity contribution is 7.71. The van der Waals surface area contributed by atoms with Crippen LogP contribution in [0.2, 0.25) is 0 Å². The normalized spacial score (nSPS) is 11.5. The van der Waals surface area contributed by atoms with Gasteiger partial charge in [-0.25, -0.2) is 0 Å². The van der Waals surface area contributed by atoms with Gasteiger partial charge in [-0.1, -0.05) is 18.2 Å². The SMILES string of the molecule is Cc1ccccc1-n1c(O)c(C=NCCC[NH+](C)C)c(=O)[nH]c1=S. The van der Waals surface area contributed by atoms with Crippen LogP contribution in [0, 0.1) is 11.7 Å². The van der Waals surface area contributed by atoms with Crippen LogP contribution in [0.15, 0.2) is 34.1 Å². The number of aliphatic imine (C=N–C) groups is 1.